The van der Waals surface area contributed by atoms with Crippen LogP contribution in [0.3, 0.4) is 0 Å². The van der Waals surface area contributed by atoms with Gasteiger partial charge in [0.15, 0.2) is 0 Å². The SMILES string of the molecule is CC(C)N(CCCc1c(C2(C(F)(F)F)CCCC2)cccc1C1(C(F)(F)F)CCCC1)Cc1ccccc1. The molecule has 0 aliphatic heterocycles. The van der Waals surface area contributed by atoms with E-state index in [4.69, 9.17) is 0 Å². The van der Waals surface area contributed by atoms with Crippen LogP contribution in [-0.4, -0.2) is 29.8 Å². The number of nitrogens with zero attached hydrogens (tertiary/aromatic N) is 1. The van der Waals surface area contributed by atoms with E-state index in [9.17, 15) is 26.3 Å². The van der Waals surface area contributed by atoms with Gasteiger partial charge in [0.2, 0.25) is 0 Å². The molecule has 0 unspecified atom stereocenters. The van der Waals surface area contributed by atoms with E-state index in [-0.39, 0.29) is 49.3 Å². The topological polar surface area (TPSA) is 3.24 Å². The zero-order valence-electron chi connectivity index (χ0n) is 22.4. The van der Waals surface area contributed by atoms with Crippen molar-refractivity contribution in [3.05, 3.63) is 70.8 Å². The summed E-state index contributed by atoms with van der Waals surface area (Å²) in [6, 6.07) is 14.5. The number of alkyl halides is 6. The average Bonchev–Trinajstić information content (AvgIpc) is 3.55. The molecular weight excluding hydrogens is 500 g/mol. The van der Waals surface area contributed by atoms with Gasteiger partial charge >= 0.3 is 12.4 Å². The Labute approximate surface area is 222 Å². The summed E-state index contributed by atoms with van der Waals surface area (Å²) in [6.45, 7) is 5.41. The molecule has 0 radical (unpaired) electrons. The lowest BCUT2D eigenvalue weighted by atomic mass is 9.69. The molecule has 1 nitrogen and oxygen atoms in total. The van der Waals surface area contributed by atoms with Crippen molar-refractivity contribution in [1.82, 2.24) is 4.90 Å². The highest BCUT2D eigenvalue weighted by molar-refractivity contribution is 5.47. The van der Waals surface area contributed by atoms with Crippen LogP contribution in [0.15, 0.2) is 48.5 Å². The molecule has 0 atom stereocenters. The summed E-state index contributed by atoms with van der Waals surface area (Å²) >= 11 is 0. The van der Waals surface area contributed by atoms with E-state index < -0.39 is 23.2 Å². The van der Waals surface area contributed by atoms with Gasteiger partial charge in [-0.15, -0.1) is 0 Å². The molecule has 0 amide bonds. The minimum atomic E-state index is -4.50. The summed E-state index contributed by atoms with van der Waals surface area (Å²) in [5.41, 5.74) is -2.51. The Kier molecular flexibility index (Phi) is 8.56. The van der Waals surface area contributed by atoms with Gasteiger partial charge in [-0.2, -0.15) is 26.3 Å². The van der Waals surface area contributed by atoms with Gasteiger partial charge in [-0.05, 0) is 81.2 Å². The Morgan fingerprint density at radius 3 is 1.61 bits per heavy atom. The molecule has 2 saturated carbocycles. The lowest BCUT2D eigenvalue weighted by Crippen LogP contribution is -2.44. The molecule has 0 N–H and O–H groups in total. The zero-order valence-corrected chi connectivity index (χ0v) is 22.4. The molecule has 210 valence electrons. The number of rotatable bonds is 9. The first-order valence-electron chi connectivity index (χ1n) is 14.0. The standard InChI is InChI=1S/C31H39F6N/c1-23(2)38(22-24-12-4-3-5-13-24)21-11-14-25-26(28(30(32,33)34)17-6-7-18-28)15-10-16-27(25)29(31(35,36)37)19-8-9-20-29/h3-5,10,12-13,15-16,23H,6-9,11,14,17-22H2,1-2H3. The molecule has 7 heteroatoms. The number of halogens is 6. The molecule has 0 saturated heterocycles. The molecule has 4 rings (SSSR count). The average molecular weight is 540 g/mol. The van der Waals surface area contributed by atoms with Crippen LogP contribution in [0, 0.1) is 0 Å². The van der Waals surface area contributed by atoms with Gasteiger partial charge in [0.25, 0.3) is 0 Å². The molecule has 2 aromatic carbocycles. The van der Waals surface area contributed by atoms with Crippen LogP contribution >= 0.6 is 0 Å². The molecule has 2 aromatic rings. The summed E-state index contributed by atoms with van der Waals surface area (Å²) in [5.74, 6) is 0. The van der Waals surface area contributed by atoms with E-state index in [0.717, 1.165) is 5.56 Å². The highest BCUT2D eigenvalue weighted by Gasteiger charge is 2.60. The largest absolute Gasteiger partial charge is 0.398 e. The van der Waals surface area contributed by atoms with Crippen LogP contribution in [0.1, 0.15) is 93.9 Å². The van der Waals surface area contributed by atoms with Crippen molar-refractivity contribution in [2.45, 2.75) is 114 Å². The van der Waals surface area contributed by atoms with Crippen LogP contribution in [-0.2, 0) is 23.8 Å². The van der Waals surface area contributed by atoms with Gasteiger partial charge in [0, 0.05) is 12.6 Å². The van der Waals surface area contributed by atoms with Gasteiger partial charge in [-0.3, -0.25) is 4.90 Å². The third kappa shape index (κ3) is 5.50. The molecule has 38 heavy (non-hydrogen) atoms. The molecule has 0 spiro atoms. The molecule has 0 heterocycles. The van der Waals surface area contributed by atoms with Crippen molar-refractivity contribution < 1.29 is 26.3 Å². The van der Waals surface area contributed by atoms with Crippen molar-refractivity contribution in [3.63, 3.8) is 0 Å². The van der Waals surface area contributed by atoms with Crippen LogP contribution in [0.5, 0.6) is 0 Å². The van der Waals surface area contributed by atoms with Crippen molar-refractivity contribution in [1.29, 1.82) is 0 Å². The first-order chi connectivity index (χ1) is 17.9. The van der Waals surface area contributed by atoms with Gasteiger partial charge in [0.1, 0.15) is 0 Å². The molecule has 2 fully saturated rings. The van der Waals surface area contributed by atoms with E-state index in [0.29, 0.717) is 50.8 Å². The van der Waals surface area contributed by atoms with E-state index >= 15 is 0 Å². The van der Waals surface area contributed by atoms with Gasteiger partial charge < -0.3 is 0 Å². The molecule has 0 bridgehead atoms. The van der Waals surface area contributed by atoms with Crippen molar-refractivity contribution in [2.75, 3.05) is 6.54 Å². The predicted molar refractivity (Wildman–Crippen MR) is 139 cm³/mol. The van der Waals surface area contributed by atoms with Crippen LogP contribution in [0.4, 0.5) is 26.3 Å². The van der Waals surface area contributed by atoms with E-state index in [1.54, 1.807) is 0 Å². The smallest absolute Gasteiger partial charge is 0.297 e. The Morgan fingerprint density at radius 1 is 0.711 bits per heavy atom. The maximum atomic E-state index is 14.7. The Balaban J connectivity index is 1.73. The monoisotopic (exact) mass is 539 g/mol. The Morgan fingerprint density at radius 2 is 1.18 bits per heavy atom. The van der Waals surface area contributed by atoms with Crippen LogP contribution in [0.2, 0.25) is 0 Å². The quantitative estimate of drug-likeness (QED) is 0.287. The summed E-state index contributed by atoms with van der Waals surface area (Å²) < 4.78 is 88.1. The number of hydrogen-bond acceptors (Lipinski definition) is 1. The van der Waals surface area contributed by atoms with Gasteiger partial charge in [-0.1, -0.05) is 74.2 Å². The zero-order chi connectivity index (χ0) is 27.6. The third-order valence-electron chi connectivity index (χ3n) is 9.04. The van der Waals surface area contributed by atoms with E-state index in [1.807, 2.05) is 30.3 Å². The maximum absolute atomic E-state index is 14.7. The third-order valence-corrected chi connectivity index (χ3v) is 9.04. The van der Waals surface area contributed by atoms with Gasteiger partial charge in [-0.25, -0.2) is 0 Å². The predicted octanol–water partition coefficient (Wildman–Crippen LogP) is 9.28. The highest BCUT2D eigenvalue weighted by Crippen LogP contribution is 2.57. The number of hydrogen-bond donors (Lipinski definition) is 0. The van der Waals surface area contributed by atoms with Crippen LogP contribution in [0.25, 0.3) is 0 Å². The fourth-order valence-corrected chi connectivity index (χ4v) is 6.92. The fraction of sp³-hybridized carbons (Fsp3) is 0.613. The number of benzene rings is 2. The first kappa shape index (κ1) is 29.0. The minimum absolute atomic E-state index is 0.0574. The van der Waals surface area contributed by atoms with Crippen LogP contribution < -0.4 is 0 Å². The normalized spacial score (nSPS) is 19.5. The van der Waals surface area contributed by atoms with E-state index in [1.165, 1.54) is 18.2 Å². The summed E-state index contributed by atoms with van der Waals surface area (Å²) in [6.07, 6.45) is -6.79. The molecule has 0 aromatic heterocycles. The molecular formula is C31H39F6N. The first-order valence-corrected chi connectivity index (χ1v) is 14.0. The molecule has 2 aliphatic carbocycles. The van der Waals surface area contributed by atoms with Gasteiger partial charge in [0.05, 0.1) is 10.8 Å². The summed E-state index contributed by atoms with van der Waals surface area (Å²) in [4.78, 5) is 2.24. The maximum Gasteiger partial charge on any atom is 0.398 e. The lowest BCUT2D eigenvalue weighted by Gasteiger charge is -2.39. The van der Waals surface area contributed by atoms with Crippen molar-refractivity contribution in [3.8, 4) is 0 Å². The lowest BCUT2D eigenvalue weighted by molar-refractivity contribution is -0.191. The second-order valence-corrected chi connectivity index (χ2v) is 11.6. The Bertz CT molecular complexity index is 992. The highest BCUT2D eigenvalue weighted by atomic mass is 19.4. The fourth-order valence-electron chi connectivity index (χ4n) is 6.92. The summed E-state index contributed by atoms with van der Waals surface area (Å²) in [7, 11) is 0. The van der Waals surface area contributed by atoms with Crippen molar-refractivity contribution >= 4 is 0 Å². The minimum Gasteiger partial charge on any atom is -0.297 e. The van der Waals surface area contributed by atoms with E-state index in [2.05, 4.69) is 18.7 Å². The summed E-state index contributed by atoms with van der Waals surface area (Å²) in [5, 5.41) is 0. The Hall–Kier alpha value is -2.02. The molecule has 2 aliphatic rings. The van der Waals surface area contributed by atoms with Crippen molar-refractivity contribution in [2.24, 2.45) is 0 Å². The second kappa shape index (κ2) is 11.2. The second-order valence-electron chi connectivity index (χ2n) is 11.6.